The van der Waals surface area contributed by atoms with E-state index < -0.39 is 0 Å². The number of hydrogen-bond acceptors (Lipinski definition) is 2. The predicted octanol–water partition coefficient (Wildman–Crippen LogP) is 12.9. The molecule has 9 rings (SSSR count). The Morgan fingerprint density at radius 3 is 2.21 bits per heavy atom. The lowest BCUT2D eigenvalue weighted by molar-refractivity contribution is 0.0247. The molecule has 0 aromatic heterocycles. The molecular formula is C49H69BN2. The van der Waals surface area contributed by atoms with Gasteiger partial charge >= 0.3 is 0 Å². The van der Waals surface area contributed by atoms with Crippen LogP contribution in [-0.4, -0.2) is 29.2 Å². The molecule has 278 valence electrons. The fourth-order valence-corrected chi connectivity index (χ4v) is 13.9. The van der Waals surface area contributed by atoms with Crippen molar-refractivity contribution in [3.05, 3.63) is 87.7 Å². The smallest absolute Gasteiger partial charge is 0.190 e. The van der Waals surface area contributed by atoms with Crippen LogP contribution in [0.25, 0.3) is 0 Å². The van der Waals surface area contributed by atoms with Crippen LogP contribution in [0, 0.1) is 23.2 Å². The van der Waals surface area contributed by atoms with Crippen LogP contribution in [0.3, 0.4) is 0 Å². The largest absolute Gasteiger partial charge is 0.362 e. The van der Waals surface area contributed by atoms with E-state index in [0.717, 1.165) is 11.8 Å². The highest BCUT2D eigenvalue weighted by Crippen LogP contribution is 2.70. The van der Waals surface area contributed by atoms with Crippen LogP contribution in [0.4, 0.5) is 5.69 Å². The summed E-state index contributed by atoms with van der Waals surface area (Å²) in [5, 5.41) is 0. The van der Waals surface area contributed by atoms with Gasteiger partial charge in [-0.25, -0.2) is 0 Å². The molecule has 0 amide bonds. The average molecular weight is 697 g/mol. The zero-order valence-electron chi connectivity index (χ0n) is 34.6. The summed E-state index contributed by atoms with van der Waals surface area (Å²) in [6.07, 6.45) is 29.7. The second kappa shape index (κ2) is 12.0. The molecule has 7 atom stereocenters. The van der Waals surface area contributed by atoms with E-state index in [4.69, 9.17) is 0 Å². The highest BCUT2D eigenvalue weighted by molar-refractivity contribution is 6.72. The maximum atomic E-state index is 3.10. The van der Waals surface area contributed by atoms with Gasteiger partial charge < -0.3 is 9.80 Å². The number of anilines is 1. The second-order valence-electron chi connectivity index (χ2n) is 21.8. The van der Waals surface area contributed by atoms with Gasteiger partial charge in [-0.15, -0.1) is 0 Å². The fraction of sp³-hybridized carbons (Fsp3) is 0.673. The minimum atomic E-state index is 0.0922. The van der Waals surface area contributed by atoms with Gasteiger partial charge in [-0.2, -0.15) is 0 Å². The van der Waals surface area contributed by atoms with E-state index in [1.54, 1.807) is 16.8 Å². The first-order valence-corrected chi connectivity index (χ1v) is 21.8. The minimum Gasteiger partial charge on any atom is -0.362 e. The third-order valence-electron chi connectivity index (χ3n) is 16.2. The maximum Gasteiger partial charge on any atom is 0.190 e. The van der Waals surface area contributed by atoms with Gasteiger partial charge in [0.1, 0.15) is 0 Å². The number of hydrogen-bond donors (Lipinski definition) is 0. The molecular weight excluding hydrogens is 627 g/mol. The Morgan fingerprint density at radius 2 is 1.54 bits per heavy atom. The molecule has 1 aromatic carbocycles. The highest BCUT2D eigenvalue weighted by atomic mass is 15.3. The monoisotopic (exact) mass is 697 g/mol. The Balaban J connectivity index is 1.30. The molecule has 1 saturated carbocycles. The Hall–Kier alpha value is -2.42. The fourth-order valence-electron chi connectivity index (χ4n) is 13.9. The topological polar surface area (TPSA) is 6.48 Å². The van der Waals surface area contributed by atoms with Crippen LogP contribution >= 0.6 is 0 Å². The molecule has 2 nitrogen and oxygen atoms in total. The van der Waals surface area contributed by atoms with Crippen molar-refractivity contribution in [2.75, 3.05) is 4.90 Å². The van der Waals surface area contributed by atoms with Crippen LogP contribution in [0.5, 0.6) is 0 Å². The van der Waals surface area contributed by atoms with Crippen molar-refractivity contribution in [1.82, 2.24) is 4.90 Å². The van der Waals surface area contributed by atoms with E-state index in [0.29, 0.717) is 41.8 Å². The Labute approximate surface area is 318 Å². The molecule has 7 unspecified atom stereocenters. The molecule has 0 bridgehead atoms. The molecule has 52 heavy (non-hydrogen) atoms. The van der Waals surface area contributed by atoms with Crippen molar-refractivity contribution >= 4 is 12.4 Å². The van der Waals surface area contributed by atoms with Crippen molar-refractivity contribution in [2.24, 2.45) is 23.2 Å². The van der Waals surface area contributed by atoms with E-state index in [2.05, 4.69) is 128 Å². The van der Waals surface area contributed by atoms with E-state index in [1.165, 1.54) is 93.9 Å². The van der Waals surface area contributed by atoms with Crippen molar-refractivity contribution in [3.8, 4) is 0 Å². The lowest BCUT2D eigenvalue weighted by Crippen LogP contribution is -2.64. The summed E-state index contributed by atoms with van der Waals surface area (Å²) in [4.78, 5) is 6.14. The van der Waals surface area contributed by atoms with E-state index in [1.807, 2.05) is 11.2 Å². The molecule has 3 fully saturated rings. The zero-order chi connectivity index (χ0) is 36.5. The first kappa shape index (κ1) is 35.3. The molecule has 3 heterocycles. The quantitative estimate of drug-likeness (QED) is 0.224. The predicted molar refractivity (Wildman–Crippen MR) is 223 cm³/mol. The molecule has 1 aromatic rings. The zero-order valence-corrected chi connectivity index (χ0v) is 34.6. The Morgan fingerprint density at radius 1 is 0.846 bits per heavy atom. The molecule has 0 radical (unpaired) electrons. The van der Waals surface area contributed by atoms with Crippen molar-refractivity contribution in [2.45, 2.75) is 186 Å². The normalized spacial score (nSPS) is 34.8. The molecule has 3 aliphatic heterocycles. The van der Waals surface area contributed by atoms with Gasteiger partial charge in [-0.05, 0) is 136 Å². The Kier molecular flexibility index (Phi) is 8.17. The summed E-state index contributed by atoms with van der Waals surface area (Å²) in [7, 11) is 0. The first-order valence-electron chi connectivity index (χ1n) is 21.8. The summed E-state index contributed by atoms with van der Waals surface area (Å²) in [6.45, 7) is 25.5. The summed E-state index contributed by atoms with van der Waals surface area (Å²) in [6, 6.07) is 8.69. The van der Waals surface area contributed by atoms with Crippen LogP contribution in [0.15, 0.2) is 76.6 Å². The lowest BCUT2D eigenvalue weighted by Gasteiger charge is -2.61. The summed E-state index contributed by atoms with van der Waals surface area (Å²) < 4.78 is 0. The number of benzene rings is 1. The first-order chi connectivity index (χ1) is 24.6. The number of rotatable bonds is 2. The standard InChI is InChI=1S/C49H69BN2/c1-31-23-32(2)25-33(24-31)34-26-42-44-43(27-34)52-45-38(49(48(52,9)10)21-14-11-15-22-49)17-16-19-40(45)50(44)39-18-12-13-20-41(39)51(42)37-29-35(46(3,4)5)28-36(30-37)47(6,7)8/h12-13,24,26-30,32-33,38-39,41-42,44H,11,14-23,25H2,1-10H3. The molecule has 0 N–H and O–H groups in total. The molecule has 3 heteroatoms. The molecule has 5 aliphatic carbocycles. The van der Waals surface area contributed by atoms with Gasteiger partial charge in [0.2, 0.25) is 0 Å². The summed E-state index contributed by atoms with van der Waals surface area (Å²) in [5.74, 6) is 3.16. The summed E-state index contributed by atoms with van der Waals surface area (Å²) >= 11 is 0. The van der Waals surface area contributed by atoms with Crippen molar-refractivity contribution in [3.63, 3.8) is 0 Å². The van der Waals surface area contributed by atoms with Gasteiger partial charge in [0.25, 0.3) is 0 Å². The van der Waals surface area contributed by atoms with E-state index >= 15 is 0 Å². The van der Waals surface area contributed by atoms with Crippen LogP contribution in [-0.2, 0) is 10.8 Å². The van der Waals surface area contributed by atoms with Gasteiger partial charge in [-0.3, -0.25) is 0 Å². The van der Waals surface area contributed by atoms with Crippen LogP contribution in [0.1, 0.15) is 157 Å². The second-order valence-corrected chi connectivity index (χ2v) is 21.8. The van der Waals surface area contributed by atoms with Gasteiger partial charge in [-0.1, -0.05) is 109 Å². The minimum absolute atomic E-state index is 0.0922. The molecule has 2 saturated heterocycles. The van der Waals surface area contributed by atoms with E-state index in [9.17, 15) is 0 Å². The molecule has 8 aliphatic rings. The van der Waals surface area contributed by atoms with Crippen molar-refractivity contribution in [1.29, 1.82) is 0 Å². The number of fused-ring (bicyclic) bond motifs is 5. The van der Waals surface area contributed by atoms with Crippen LogP contribution in [0.2, 0.25) is 11.6 Å². The van der Waals surface area contributed by atoms with Gasteiger partial charge in [0.15, 0.2) is 6.71 Å². The third kappa shape index (κ3) is 5.15. The maximum absolute atomic E-state index is 3.10. The van der Waals surface area contributed by atoms with Crippen molar-refractivity contribution < 1.29 is 0 Å². The van der Waals surface area contributed by atoms with Crippen LogP contribution < -0.4 is 4.90 Å². The SMILES string of the molecule is CC1=CC(C2=CC3C4B(C5=C6C(CCC5)C5(CCCCC5)C(C)(C)N6C4=C2)C2CC=CCC2N3c2cc(C(C)(C)C)cc(C(C)(C)C)c2)CC(C)C1. The lowest BCUT2D eigenvalue weighted by atomic mass is 9.22. The van der Waals surface area contributed by atoms with Gasteiger partial charge in [0.05, 0.1) is 6.04 Å². The number of allylic oxidation sites excluding steroid dienone is 7. The average Bonchev–Trinajstić information content (AvgIpc) is 3.28. The molecule has 1 spiro atoms. The third-order valence-corrected chi connectivity index (χ3v) is 16.2. The summed E-state index contributed by atoms with van der Waals surface area (Å²) in [5.41, 5.74) is 13.9. The highest BCUT2D eigenvalue weighted by Gasteiger charge is 2.68. The van der Waals surface area contributed by atoms with E-state index in [-0.39, 0.29) is 16.4 Å². The Bertz CT molecular complexity index is 1750. The number of nitrogens with zero attached hydrogens (tertiary/aromatic N) is 2. The van der Waals surface area contributed by atoms with Gasteiger partial charge in [0, 0.05) is 51.7 Å².